The van der Waals surface area contributed by atoms with E-state index in [0.29, 0.717) is 19.3 Å². The lowest BCUT2D eigenvalue weighted by atomic mass is 9.72. The fourth-order valence-corrected chi connectivity index (χ4v) is 2.51. The summed E-state index contributed by atoms with van der Waals surface area (Å²) in [6, 6.07) is 0.0752. The number of hydrogen-bond acceptors (Lipinski definition) is 2. The number of unbranched alkanes of at least 4 members (excludes halogenated alkanes) is 1. The van der Waals surface area contributed by atoms with Gasteiger partial charge in [-0.25, -0.2) is 0 Å². The van der Waals surface area contributed by atoms with Gasteiger partial charge in [-0.3, -0.25) is 9.59 Å². The van der Waals surface area contributed by atoms with Crippen LogP contribution in [-0.2, 0) is 9.59 Å². The predicted octanol–water partition coefficient (Wildman–Crippen LogP) is 2.44. The Bertz CT molecular complexity index is 249. The van der Waals surface area contributed by atoms with E-state index in [1.807, 2.05) is 13.8 Å². The van der Waals surface area contributed by atoms with E-state index < -0.39 is 5.41 Å². The van der Waals surface area contributed by atoms with Crippen LogP contribution in [0.5, 0.6) is 0 Å². The molecule has 0 aliphatic carbocycles. The molecule has 3 heteroatoms. The highest BCUT2D eigenvalue weighted by atomic mass is 16.2. The third-order valence-corrected chi connectivity index (χ3v) is 3.85. The Morgan fingerprint density at radius 1 is 1.25 bits per heavy atom. The van der Waals surface area contributed by atoms with Crippen LogP contribution in [0.2, 0.25) is 0 Å². The summed E-state index contributed by atoms with van der Waals surface area (Å²) in [6.07, 6.45) is 4.87. The molecule has 0 radical (unpaired) electrons. The number of Topliss-reactive ketones (excluding diaryl/α,β-unsaturated/α-hetero) is 1. The fraction of sp³-hybridized carbons (Fsp3) is 0.846. The van der Waals surface area contributed by atoms with Gasteiger partial charge in [0.05, 0.1) is 0 Å². The minimum absolute atomic E-state index is 0.0464. The summed E-state index contributed by atoms with van der Waals surface area (Å²) in [7, 11) is 0. The van der Waals surface area contributed by atoms with Crippen LogP contribution < -0.4 is 5.32 Å². The Morgan fingerprint density at radius 2 is 1.88 bits per heavy atom. The zero-order valence-corrected chi connectivity index (χ0v) is 10.6. The number of hydrogen-bond donors (Lipinski definition) is 1. The SMILES string of the molecule is CCCCC1CC(=O)C(CC)(CC)C(=O)N1. The summed E-state index contributed by atoms with van der Waals surface area (Å²) in [5, 5.41) is 3.01. The topological polar surface area (TPSA) is 46.2 Å². The molecule has 1 heterocycles. The molecule has 0 aromatic rings. The van der Waals surface area contributed by atoms with Gasteiger partial charge < -0.3 is 5.32 Å². The first-order valence-corrected chi connectivity index (χ1v) is 6.45. The van der Waals surface area contributed by atoms with Crippen molar-refractivity contribution in [2.75, 3.05) is 0 Å². The summed E-state index contributed by atoms with van der Waals surface area (Å²) < 4.78 is 0. The molecule has 0 spiro atoms. The van der Waals surface area contributed by atoms with Gasteiger partial charge in [-0.05, 0) is 19.3 Å². The Hall–Kier alpha value is -0.860. The summed E-state index contributed by atoms with van der Waals surface area (Å²) in [5.74, 6) is 0.0946. The Morgan fingerprint density at radius 3 is 2.31 bits per heavy atom. The third-order valence-electron chi connectivity index (χ3n) is 3.85. The number of piperidine rings is 1. The highest BCUT2D eigenvalue weighted by molar-refractivity contribution is 6.08. The second kappa shape index (κ2) is 5.46. The maximum atomic E-state index is 12.1. The van der Waals surface area contributed by atoms with E-state index in [0.717, 1.165) is 19.3 Å². The van der Waals surface area contributed by atoms with Gasteiger partial charge in [0.1, 0.15) is 11.2 Å². The van der Waals surface area contributed by atoms with E-state index in [1.54, 1.807) is 0 Å². The van der Waals surface area contributed by atoms with Crippen LogP contribution in [0.1, 0.15) is 59.3 Å². The first-order chi connectivity index (χ1) is 7.60. The molecule has 16 heavy (non-hydrogen) atoms. The van der Waals surface area contributed by atoms with Gasteiger partial charge in [-0.15, -0.1) is 0 Å². The summed E-state index contributed by atoms with van der Waals surface area (Å²) >= 11 is 0. The van der Waals surface area contributed by atoms with Crippen LogP contribution in [0.3, 0.4) is 0 Å². The molecular weight excluding hydrogens is 202 g/mol. The first kappa shape index (κ1) is 13.2. The second-order valence-corrected chi connectivity index (χ2v) is 4.73. The highest BCUT2D eigenvalue weighted by Gasteiger charge is 2.46. The van der Waals surface area contributed by atoms with Crippen molar-refractivity contribution >= 4 is 11.7 Å². The highest BCUT2D eigenvalue weighted by Crippen LogP contribution is 2.33. The molecule has 0 bridgehead atoms. The van der Waals surface area contributed by atoms with Gasteiger partial charge in [0.15, 0.2) is 0 Å². The van der Waals surface area contributed by atoms with Crippen LogP contribution >= 0.6 is 0 Å². The Balaban J connectivity index is 2.71. The molecule has 92 valence electrons. The van der Waals surface area contributed by atoms with Crippen LogP contribution in [0.25, 0.3) is 0 Å². The third kappa shape index (κ3) is 2.28. The van der Waals surface area contributed by atoms with Crippen LogP contribution in [0.4, 0.5) is 0 Å². The molecule has 1 fully saturated rings. The number of amides is 1. The number of carbonyl (C=O) groups is 2. The number of carbonyl (C=O) groups excluding carboxylic acids is 2. The Kier molecular flexibility index (Phi) is 4.51. The van der Waals surface area contributed by atoms with Crippen molar-refractivity contribution in [3.8, 4) is 0 Å². The zero-order chi connectivity index (χ0) is 12.2. The van der Waals surface area contributed by atoms with Gasteiger partial charge in [0.25, 0.3) is 0 Å². The van der Waals surface area contributed by atoms with Crippen LogP contribution in [-0.4, -0.2) is 17.7 Å². The molecule has 1 aliphatic heterocycles. The van der Waals surface area contributed by atoms with Gasteiger partial charge in [-0.2, -0.15) is 0 Å². The van der Waals surface area contributed by atoms with Crippen molar-refractivity contribution in [3.63, 3.8) is 0 Å². The van der Waals surface area contributed by atoms with E-state index in [9.17, 15) is 9.59 Å². The van der Waals surface area contributed by atoms with E-state index in [2.05, 4.69) is 12.2 Å². The largest absolute Gasteiger partial charge is 0.352 e. The summed E-state index contributed by atoms with van der Waals surface area (Å²) in [4.78, 5) is 24.1. The average Bonchev–Trinajstić information content (AvgIpc) is 2.27. The number of nitrogens with one attached hydrogen (secondary N) is 1. The first-order valence-electron chi connectivity index (χ1n) is 6.45. The van der Waals surface area contributed by atoms with Crippen molar-refractivity contribution in [2.24, 2.45) is 5.41 Å². The molecule has 1 rings (SSSR count). The second-order valence-electron chi connectivity index (χ2n) is 4.73. The van der Waals surface area contributed by atoms with Crippen molar-refractivity contribution in [2.45, 2.75) is 65.3 Å². The fourth-order valence-electron chi connectivity index (χ4n) is 2.51. The zero-order valence-electron chi connectivity index (χ0n) is 10.6. The van der Waals surface area contributed by atoms with Crippen molar-refractivity contribution < 1.29 is 9.59 Å². The van der Waals surface area contributed by atoms with Gasteiger partial charge in [0, 0.05) is 12.5 Å². The lowest BCUT2D eigenvalue weighted by Gasteiger charge is -2.37. The molecule has 1 aliphatic rings. The molecule has 0 aromatic heterocycles. The smallest absolute Gasteiger partial charge is 0.233 e. The van der Waals surface area contributed by atoms with Crippen LogP contribution in [0, 0.1) is 5.41 Å². The average molecular weight is 225 g/mol. The lowest BCUT2D eigenvalue weighted by Crippen LogP contribution is -2.55. The molecular formula is C13H23NO2. The minimum Gasteiger partial charge on any atom is -0.352 e. The molecule has 1 saturated heterocycles. The standard InChI is InChI=1S/C13H23NO2/c1-4-7-8-10-9-11(15)13(5-2,6-3)12(16)14-10/h10H,4-9H2,1-3H3,(H,14,16). The van der Waals surface area contributed by atoms with E-state index >= 15 is 0 Å². The molecule has 0 aromatic carbocycles. The Labute approximate surface area is 98.0 Å². The van der Waals surface area contributed by atoms with E-state index in [1.165, 1.54) is 0 Å². The maximum absolute atomic E-state index is 12.1. The van der Waals surface area contributed by atoms with Crippen LogP contribution in [0.15, 0.2) is 0 Å². The van der Waals surface area contributed by atoms with E-state index in [-0.39, 0.29) is 17.7 Å². The van der Waals surface area contributed by atoms with Gasteiger partial charge in [-0.1, -0.05) is 33.6 Å². The quantitative estimate of drug-likeness (QED) is 0.730. The molecule has 0 saturated carbocycles. The predicted molar refractivity (Wildman–Crippen MR) is 64.1 cm³/mol. The lowest BCUT2D eigenvalue weighted by molar-refractivity contribution is -0.147. The van der Waals surface area contributed by atoms with Crippen molar-refractivity contribution in [1.82, 2.24) is 5.32 Å². The molecule has 1 N–H and O–H groups in total. The summed E-state index contributed by atoms with van der Waals surface area (Å²) in [6.45, 7) is 5.97. The summed E-state index contributed by atoms with van der Waals surface area (Å²) in [5.41, 5.74) is -0.733. The molecule has 1 unspecified atom stereocenters. The minimum atomic E-state index is -0.733. The molecule has 1 atom stereocenters. The van der Waals surface area contributed by atoms with Crippen molar-refractivity contribution in [3.05, 3.63) is 0 Å². The number of rotatable bonds is 5. The molecule has 3 nitrogen and oxygen atoms in total. The van der Waals surface area contributed by atoms with E-state index in [4.69, 9.17) is 0 Å². The maximum Gasteiger partial charge on any atom is 0.233 e. The molecule has 1 amide bonds. The van der Waals surface area contributed by atoms with Gasteiger partial charge in [0.2, 0.25) is 5.91 Å². The number of ketones is 1. The van der Waals surface area contributed by atoms with Crippen molar-refractivity contribution in [1.29, 1.82) is 0 Å². The normalized spacial score (nSPS) is 24.3. The van der Waals surface area contributed by atoms with Gasteiger partial charge >= 0.3 is 0 Å². The monoisotopic (exact) mass is 225 g/mol.